The maximum atomic E-state index is 13.0. The number of carbonyl (C=O) groups excluding carboxylic acids is 1. The lowest BCUT2D eigenvalue weighted by atomic mass is 10.0. The lowest BCUT2D eigenvalue weighted by Crippen LogP contribution is -2.23. The van der Waals surface area contributed by atoms with Crippen molar-refractivity contribution in [3.05, 3.63) is 89.9 Å². The van der Waals surface area contributed by atoms with Gasteiger partial charge in [0, 0.05) is 18.2 Å². The summed E-state index contributed by atoms with van der Waals surface area (Å²) in [6.45, 7) is 0.388. The number of nitrogens with zero attached hydrogens (tertiary/aromatic N) is 1. The van der Waals surface area contributed by atoms with Gasteiger partial charge in [0.05, 0.1) is 0 Å². The number of halogens is 1. The fraction of sp³-hybridized carbons (Fsp3) is 0.0476. The van der Waals surface area contributed by atoms with Crippen molar-refractivity contribution in [2.24, 2.45) is 0 Å². The van der Waals surface area contributed by atoms with Crippen molar-refractivity contribution < 1.29 is 13.7 Å². The van der Waals surface area contributed by atoms with E-state index in [-0.39, 0.29) is 17.4 Å². The van der Waals surface area contributed by atoms with Crippen LogP contribution < -0.4 is 5.32 Å². The largest absolute Gasteiger partial charge is 0.355 e. The van der Waals surface area contributed by atoms with E-state index in [2.05, 4.69) is 10.5 Å². The number of benzene rings is 3. The van der Waals surface area contributed by atoms with E-state index in [9.17, 15) is 9.18 Å². The first kappa shape index (κ1) is 16.0. The molecule has 0 saturated heterocycles. The van der Waals surface area contributed by atoms with E-state index in [1.165, 1.54) is 12.1 Å². The molecule has 0 aliphatic carbocycles. The minimum atomic E-state index is -0.332. The molecule has 0 fully saturated rings. The summed E-state index contributed by atoms with van der Waals surface area (Å²) in [6.07, 6.45) is 0. The van der Waals surface area contributed by atoms with Gasteiger partial charge < -0.3 is 9.84 Å². The summed E-state index contributed by atoms with van der Waals surface area (Å²) >= 11 is 0. The van der Waals surface area contributed by atoms with Crippen LogP contribution in [-0.2, 0) is 6.54 Å². The van der Waals surface area contributed by atoms with Gasteiger partial charge in [-0.2, -0.15) is 0 Å². The average Bonchev–Trinajstić information content (AvgIpc) is 3.17. The van der Waals surface area contributed by atoms with Crippen molar-refractivity contribution >= 4 is 16.7 Å². The highest BCUT2D eigenvalue weighted by Crippen LogP contribution is 2.21. The summed E-state index contributed by atoms with van der Waals surface area (Å²) in [4.78, 5) is 12.4. The van der Waals surface area contributed by atoms with Crippen LogP contribution in [0.4, 0.5) is 4.39 Å². The number of aromatic nitrogens is 1. The number of amides is 1. The summed E-state index contributed by atoms with van der Waals surface area (Å²) in [5.74, 6) is -0.239. The molecule has 0 aliphatic rings. The molecule has 0 atom stereocenters. The lowest BCUT2D eigenvalue weighted by Gasteiger charge is -2.07. The molecular weight excluding hydrogens is 331 g/mol. The Balaban J connectivity index is 1.49. The predicted octanol–water partition coefficient (Wildman–Crippen LogP) is 4.56. The molecule has 4 aromatic rings. The molecule has 0 unspecified atom stereocenters. The van der Waals surface area contributed by atoms with Crippen molar-refractivity contribution in [2.75, 3.05) is 0 Å². The van der Waals surface area contributed by atoms with Crippen LogP contribution in [0.25, 0.3) is 22.1 Å². The third kappa shape index (κ3) is 3.19. The van der Waals surface area contributed by atoms with Crippen molar-refractivity contribution in [3.63, 3.8) is 0 Å². The molecule has 4 rings (SSSR count). The molecule has 1 amide bonds. The van der Waals surface area contributed by atoms with Crippen molar-refractivity contribution in [2.45, 2.75) is 6.54 Å². The second kappa shape index (κ2) is 6.80. The van der Waals surface area contributed by atoms with E-state index >= 15 is 0 Å². The summed E-state index contributed by atoms with van der Waals surface area (Å²) in [5, 5.41) is 8.89. The Hall–Kier alpha value is -3.47. The van der Waals surface area contributed by atoms with Crippen molar-refractivity contribution in [3.8, 4) is 11.3 Å². The first-order valence-electron chi connectivity index (χ1n) is 8.18. The minimum Gasteiger partial charge on any atom is -0.355 e. The Labute approximate surface area is 149 Å². The summed E-state index contributed by atoms with van der Waals surface area (Å²) in [5.41, 5.74) is 1.87. The third-order valence-electron chi connectivity index (χ3n) is 4.19. The zero-order valence-electron chi connectivity index (χ0n) is 13.8. The summed E-state index contributed by atoms with van der Waals surface area (Å²) < 4.78 is 18.2. The molecular formula is C21H15FN2O2. The minimum absolute atomic E-state index is 0.185. The zero-order chi connectivity index (χ0) is 17.9. The van der Waals surface area contributed by atoms with E-state index in [0.717, 1.165) is 16.3 Å². The average molecular weight is 346 g/mol. The molecule has 5 heteroatoms. The summed E-state index contributed by atoms with van der Waals surface area (Å²) in [6, 6.07) is 21.4. The van der Waals surface area contributed by atoms with Crippen LogP contribution >= 0.6 is 0 Å². The van der Waals surface area contributed by atoms with Crippen LogP contribution in [0.15, 0.2) is 77.3 Å². The highest BCUT2D eigenvalue weighted by Gasteiger charge is 2.14. The van der Waals surface area contributed by atoms with Gasteiger partial charge in [0.25, 0.3) is 5.91 Å². The van der Waals surface area contributed by atoms with Gasteiger partial charge in [0.15, 0.2) is 11.5 Å². The number of hydrogen-bond acceptors (Lipinski definition) is 3. The standard InChI is InChI=1S/C21H15FN2O2/c22-17-10-8-15(9-11-17)20-12-19(24-26-20)21(25)23-13-16-6-3-5-14-4-1-2-7-18(14)16/h1-12H,13H2,(H,23,25). The third-order valence-corrected chi connectivity index (χ3v) is 4.19. The van der Waals surface area contributed by atoms with Crippen LogP contribution in [0, 0.1) is 5.82 Å². The fourth-order valence-electron chi connectivity index (χ4n) is 2.85. The smallest absolute Gasteiger partial charge is 0.273 e. The van der Waals surface area contributed by atoms with E-state index in [4.69, 9.17) is 4.52 Å². The molecule has 26 heavy (non-hydrogen) atoms. The maximum Gasteiger partial charge on any atom is 0.273 e. The van der Waals surface area contributed by atoms with E-state index < -0.39 is 0 Å². The predicted molar refractivity (Wildman–Crippen MR) is 97.0 cm³/mol. The highest BCUT2D eigenvalue weighted by molar-refractivity contribution is 5.93. The Kier molecular flexibility index (Phi) is 4.19. The lowest BCUT2D eigenvalue weighted by molar-refractivity contribution is 0.0942. The zero-order valence-corrected chi connectivity index (χ0v) is 13.8. The molecule has 1 aromatic heterocycles. The normalized spacial score (nSPS) is 10.8. The first-order chi connectivity index (χ1) is 12.7. The van der Waals surface area contributed by atoms with Gasteiger partial charge in [-0.1, -0.05) is 47.6 Å². The SMILES string of the molecule is O=C(NCc1cccc2ccccc12)c1cc(-c2ccc(F)cc2)on1. The van der Waals surface area contributed by atoms with Gasteiger partial charge in [0.1, 0.15) is 5.82 Å². The topological polar surface area (TPSA) is 55.1 Å². The van der Waals surface area contributed by atoms with Gasteiger partial charge in [-0.05, 0) is 40.6 Å². The molecule has 0 spiro atoms. The van der Waals surface area contributed by atoms with Crippen LogP contribution in [-0.4, -0.2) is 11.1 Å². The van der Waals surface area contributed by atoms with Gasteiger partial charge in [-0.3, -0.25) is 4.79 Å². The first-order valence-corrected chi connectivity index (χ1v) is 8.18. The molecule has 0 aliphatic heterocycles. The Bertz CT molecular complexity index is 1070. The number of carbonyl (C=O) groups is 1. The number of nitrogens with one attached hydrogen (secondary N) is 1. The molecule has 1 heterocycles. The maximum absolute atomic E-state index is 13.0. The molecule has 3 aromatic carbocycles. The Morgan fingerprint density at radius 2 is 1.77 bits per heavy atom. The van der Waals surface area contributed by atoms with Gasteiger partial charge >= 0.3 is 0 Å². The van der Waals surface area contributed by atoms with Gasteiger partial charge in [-0.25, -0.2) is 4.39 Å². The Morgan fingerprint density at radius 3 is 2.62 bits per heavy atom. The monoisotopic (exact) mass is 346 g/mol. The molecule has 0 bridgehead atoms. The van der Waals surface area contributed by atoms with Crippen LogP contribution in [0.3, 0.4) is 0 Å². The van der Waals surface area contributed by atoms with Crippen LogP contribution in [0.5, 0.6) is 0 Å². The van der Waals surface area contributed by atoms with E-state index in [0.29, 0.717) is 17.9 Å². The van der Waals surface area contributed by atoms with Crippen LogP contribution in [0.1, 0.15) is 16.1 Å². The van der Waals surface area contributed by atoms with Gasteiger partial charge in [0.2, 0.25) is 0 Å². The Morgan fingerprint density at radius 1 is 1.00 bits per heavy atom. The quantitative estimate of drug-likeness (QED) is 0.589. The molecule has 1 N–H and O–H groups in total. The fourth-order valence-corrected chi connectivity index (χ4v) is 2.85. The summed E-state index contributed by atoms with van der Waals surface area (Å²) in [7, 11) is 0. The van der Waals surface area contributed by atoms with Crippen LogP contribution in [0.2, 0.25) is 0 Å². The molecule has 128 valence electrons. The van der Waals surface area contributed by atoms with E-state index in [1.54, 1.807) is 18.2 Å². The second-order valence-electron chi connectivity index (χ2n) is 5.90. The number of rotatable bonds is 4. The molecule has 4 nitrogen and oxygen atoms in total. The van der Waals surface area contributed by atoms with E-state index in [1.807, 2.05) is 42.5 Å². The van der Waals surface area contributed by atoms with Gasteiger partial charge in [-0.15, -0.1) is 0 Å². The van der Waals surface area contributed by atoms with Crippen molar-refractivity contribution in [1.82, 2.24) is 10.5 Å². The van der Waals surface area contributed by atoms with Crippen molar-refractivity contribution in [1.29, 1.82) is 0 Å². The highest BCUT2D eigenvalue weighted by atomic mass is 19.1. The second-order valence-corrected chi connectivity index (χ2v) is 5.90. The number of hydrogen-bond donors (Lipinski definition) is 1. The molecule has 0 radical (unpaired) electrons. The number of fused-ring (bicyclic) bond motifs is 1. The molecule has 0 saturated carbocycles.